The fraction of sp³-hybridized carbons (Fsp3) is 0.158. The first kappa shape index (κ1) is 14.2. The Morgan fingerprint density at radius 1 is 1.00 bits per heavy atom. The van der Waals surface area contributed by atoms with E-state index in [-0.39, 0.29) is 5.88 Å². The average molecular weight is 325 g/mol. The normalized spacial score (nSPS) is 11.8. The van der Waals surface area contributed by atoms with Gasteiger partial charge in [0.25, 0.3) is 0 Å². The third kappa shape index (κ3) is 2.20. The summed E-state index contributed by atoms with van der Waals surface area (Å²) in [5.74, 6) is 0.213. The lowest BCUT2D eigenvalue weighted by Gasteiger charge is -2.10. The van der Waals surface area contributed by atoms with E-state index >= 15 is 0 Å². The molecule has 0 saturated heterocycles. The number of aromatic nitrogens is 2. The minimum Gasteiger partial charge on any atom is -0.494 e. The molecule has 0 aliphatic heterocycles. The Balaban J connectivity index is 1.90. The van der Waals surface area contributed by atoms with Crippen molar-refractivity contribution in [2.75, 3.05) is 0 Å². The summed E-state index contributed by atoms with van der Waals surface area (Å²) in [5.41, 5.74) is 2.13. The zero-order valence-electron chi connectivity index (χ0n) is 13.0. The van der Waals surface area contributed by atoms with E-state index in [4.69, 9.17) is 11.6 Å². The first-order valence-electron chi connectivity index (χ1n) is 7.65. The van der Waals surface area contributed by atoms with Crippen molar-refractivity contribution < 1.29 is 5.11 Å². The Morgan fingerprint density at radius 3 is 2.61 bits per heavy atom. The summed E-state index contributed by atoms with van der Waals surface area (Å²) in [6.45, 7) is 4.34. The van der Waals surface area contributed by atoms with E-state index in [2.05, 4.69) is 42.8 Å². The molecule has 0 amide bonds. The third-order valence-electron chi connectivity index (χ3n) is 4.29. The third-order valence-corrected chi connectivity index (χ3v) is 4.53. The van der Waals surface area contributed by atoms with Gasteiger partial charge in [0.15, 0.2) is 0 Å². The molecule has 0 bridgehead atoms. The molecule has 0 atom stereocenters. The van der Waals surface area contributed by atoms with Crippen LogP contribution in [0.2, 0.25) is 5.02 Å². The second-order valence-corrected chi connectivity index (χ2v) is 6.55. The minimum atomic E-state index is 0.213. The number of rotatable bonds is 2. The summed E-state index contributed by atoms with van der Waals surface area (Å²) >= 11 is 6.03. The van der Waals surface area contributed by atoms with Gasteiger partial charge in [-0.05, 0) is 50.2 Å². The molecule has 23 heavy (non-hydrogen) atoms. The standard InChI is InChI=1S/C19H17ClN2O/c1-12(2)21-8-7-13-9-16(5-6-18(13)21)22-11-14-3-4-15(20)10-17(14)19(22)23/h3-12,23H,1-2H3. The Hall–Kier alpha value is -2.39. The fourth-order valence-electron chi connectivity index (χ4n) is 3.11. The molecule has 4 rings (SSSR count). The van der Waals surface area contributed by atoms with Gasteiger partial charge in [-0.1, -0.05) is 17.7 Å². The summed E-state index contributed by atoms with van der Waals surface area (Å²) in [4.78, 5) is 0. The monoisotopic (exact) mass is 324 g/mol. The van der Waals surface area contributed by atoms with Gasteiger partial charge in [-0.25, -0.2) is 0 Å². The molecule has 2 aromatic heterocycles. The van der Waals surface area contributed by atoms with E-state index in [1.54, 1.807) is 10.6 Å². The summed E-state index contributed by atoms with van der Waals surface area (Å²) in [7, 11) is 0. The van der Waals surface area contributed by atoms with Gasteiger partial charge >= 0.3 is 0 Å². The number of fused-ring (bicyclic) bond motifs is 2. The SMILES string of the molecule is CC(C)n1ccc2cc(-n3cc4ccc(Cl)cc4c3O)ccc21. The van der Waals surface area contributed by atoms with Crippen LogP contribution in [0.15, 0.2) is 54.9 Å². The maximum Gasteiger partial charge on any atom is 0.203 e. The quantitative estimate of drug-likeness (QED) is 0.516. The van der Waals surface area contributed by atoms with Crippen molar-refractivity contribution in [3.05, 3.63) is 59.9 Å². The molecular weight excluding hydrogens is 308 g/mol. The second kappa shape index (κ2) is 5.07. The first-order valence-corrected chi connectivity index (χ1v) is 8.03. The van der Waals surface area contributed by atoms with E-state index in [1.807, 2.05) is 24.4 Å². The van der Waals surface area contributed by atoms with Crippen LogP contribution in [0.5, 0.6) is 5.88 Å². The Kier molecular flexibility index (Phi) is 3.13. The first-order chi connectivity index (χ1) is 11.0. The highest BCUT2D eigenvalue weighted by Gasteiger charge is 2.12. The minimum absolute atomic E-state index is 0.213. The Bertz CT molecular complexity index is 1030. The van der Waals surface area contributed by atoms with Crippen molar-refractivity contribution in [1.82, 2.24) is 9.13 Å². The molecule has 4 aromatic rings. The van der Waals surface area contributed by atoms with Gasteiger partial charge < -0.3 is 9.67 Å². The maximum absolute atomic E-state index is 10.5. The lowest BCUT2D eigenvalue weighted by atomic mass is 10.2. The van der Waals surface area contributed by atoms with Gasteiger partial charge in [-0.3, -0.25) is 4.57 Å². The van der Waals surface area contributed by atoms with Crippen molar-refractivity contribution in [2.24, 2.45) is 0 Å². The van der Waals surface area contributed by atoms with Crippen molar-refractivity contribution >= 4 is 33.3 Å². The van der Waals surface area contributed by atoms with E-state index < -0.39 is 0 Å². The van der Waals surface area contributed by atoms with Crippen LogP contribution in [0.1, 0.15) is 19.9 Å². The molecule has 0 spiro atoms. The second-order valence-electron chi connectivity index (χ2n) is 6.11. The summed E-state index contributed by atoms with van der Waals surface area (Å²) < 4.78 is 4.04. The Morgan fingerprint density at radius 2 is 1.83 bits per heavy atom. The fourth-order valence-corrected chi connectivity index (χ4v) is 3.29. The van der Waals surface area contributed by atoms with E-state index in [1.165, 1.54) is 5.52 Å². The van der Waals surface area contributed by atoms with E-state index in [0.717, 1.165) is 21.8 Å². The van der Waals surface area contributed by atoms with Crippen molar-refractivity contribution in [3.8, 4) is 11.6 Å². The van der Waals surface area contributed by atoms with Gasteiger partial charge in [0.05, 0.1) is 0 Å². The topological polar surface area (TPSA) is 30.1 Å². The maximum atomic E-state index is 10.5. The zero-order chi connectivity index (χ0) is 16.1. The van der Waals surface area contributed by atoms with Crippen LogP contribution in [0.25, 0.3) is 27.4 Å². The highest BCUT2D eigenvalue weighted by atomic mass is 35.5. The predicted octanol–water partition coefficient (Wildman–Crippen LogP) is 5.53. The largest absolute Gasteiger partial charge is 0.494 e. The predicted molar refractivity (Wildman–Crippen MR) is 95.8 cm³/mol. The van der Waals surface area contributed by atoms with Crippen LogP contribution in [-0.2, 0) is 0 Å². The molecule has 116 valence electrons. The van der Waals surface area contributed by atoms with Crippen LogP contribution in [0.4, 0.5) is 0 Å². The molecule has 0 aliphatic carbocycles. The summed E-state index contributed by atoms with van der Waals surface area (Å²) in [6, 6.07) is 14.3. The molecule has 0 fully saturated rings. The smallest absolute Gasteiger partial charge is 0.203 e. The number of benzene rings is 2. The average Bonchev–Trinajstić information content (AvgIpc) is 3.08. The molecule has 1 N–H and O–H groups in total. The van der Waals surface area contributed by atoms with E-state index in [9.17, 15) is 5.11 Å². The van der Waals surface area contributed by atoms with Crippen LogP contribution in [0, 0.1) is 0 Å². The molecule has 2 aromatic carbocycles. The number of hydrogen-bond acceptors (Lipinski definition) is 1. The molecule has 4 heteroatoms. The molecule has 0 saturated carbocycles. The zero-order valence-corrected chi connectivity index (χ0v) is 13.7. The molecule has 0 radical (unpaired) electrons. The molecule has 0 unspecified atom stereocenters. The molecule has 3 nitrogen and oxygen atoms in total. The van der Waals surface area contributed by atoms with Crippen molar-refractivity contribution in [2.45, 2.75) is 19.9 Å². The number of aromatic hydroxyl groups is 1. The summed E-state index contributed by atoms with van der Waals surface area (Å²) in [5, 5.41) is 14.0. The lowest BCUT2D eigenvalue weighted by molar-refractivity contribution is 0.448. The van der Waals surface area contributed by atoms with Gasteiger partial charge in [0.2, 0.25) is 5.88 Å². The number of hydrogen-bond donors (Lipinski definition) is 1. The highest BCUT2D eigenvalue weighted by Crippen LogP contribution is 2.33. The molecule has 2 heterocycles. The van der Waals surface area contributed by atoms with Gasteiger partial charge in [0, 0.05) is 50.8 Å². The van der Waals surface area contributed by atoms with Crippen molar-refractivity contribution in [1.29, 1.82) is 0 Å². The van der Waals surface area contributed by atoms with Crippen LogP contribution in [0.3, 0.4) is 0 Å². The number of nitrogens with zero attached hydrogens (tertiary/aromatic N) is 2. The number of halogens is 1. The van der Waals surface area contributed by atoms with Gasteiger partial charge in [0.1, 0.15) is 0 Å². The van der Waals surface area contributed by atoms with Crippen LogP contribution >= 0.6 is 11.6 Å². The van der Waals surface area contributed by atoms with Gasteiger partial charge in [-0.15, -0.1) is 0 Å². The van der Waals surface area contributed by atoms with E-state index in [0.29, 0.717) is 11.1 Å². The highest BCUT2D eigenvalue weighted by molar-refractivity contribution is 6.31. The molecule has 0 aliphatic rings. The van der Waals surface area contributed by atoms with Gasteiger partial charge in [-0.2, -0.15) is 0 Å². The van der Waals surface area contributed by atoms with Crippen LogP contribution < -0.4 is 0 Å². The van der Waals surface area contributed by atoms with Crippen molar-refractivity contribution in [3.63, 3.8) is 0 Å². The molecular formula is C19H17ClN2O. The van der Waals surface area contributed by atoms with Crippen LogP contribution in [-0.4, -0.2) is 14.2 Å². The Labute approximate surface area is 139 Å². The lowest BCUT2D eigenvalue weighted by Crippen LogP contribution is -1.98. The summed E-state index contributed by atoms with van der Waals surface area (Å²) in [6.07, 6.45) is 4.03.